The van der Waals surface area contributed by atoms with E-state index in [4.69, 9.17) is 40.8 Å². The normalized spacial score (nSPS) is 8.53. The Hall–Kier alpha value is -4.54. The van der Waals surface area contributed by atoms with Crippen LogP contribution < -0.4 is 29.3 Å². The van der Waals surface area contributed by atoms with Crippen LogP contribution in [0.15, 0.2) is 97.6 Å². The molecule has 38 heavy (non-hydrogen) atoms. The molecule has 0 aliphatic heterocycles. The maximum atomic E-state index is 8.49. The fourth-order valence-electron chi connectivity index (χ4n) is 2.01. The molecular formula is C20H18ClCoN12O4. The van der Waals surface area contributed by atoms with Gasteiger partial charge in [-0.05, 0) is 48.5 Å². The molecule has 0 spiro atoms. The first kappa shape index (κ1) is 35.6. The van der Waals surface area contributed by atoms with E-state index in [2.05, 4.69) is 30.6 Å². The zero-order chi connectivity index (χ0) is 27.8. The molecule has 4 heterocycles. The van der Waals surface area contributed by atoms with E-state index in [-0.39, 0.29) is 16.8 Å². The monoisotopic (exact) mass is 584 g/mol. The third-order valence-electron chi connectivity index (χ3n) is 3.17. The van der Waals surface area contributed by atoms with Crippen LogP contribution in [0, 0.1) is 10.2 Å². The largest absolute Gasteiger partial charge is 3.00 e. The molecule has 0 saturated heterocycles. The molecule has 0 radical (unpaired) electrons. The number of pyridine rings is 4. The third-order valence-corrected chi connectivity index (χ3v) is 3.17. The second-order valence-electron chi connectivity index (χ2n) is 5.67. The molecule has 0 bridgehead atoms. The molecule has 16 nitrogen and oxygen atoms in total. The van der Waals surface area contributed by atoms with Crippen molar-refractivity contribution >= 4 is 23.3 Å². The predicted octanol–water partition coefficient (Wildman–Crippen LogP) is 1.41. The molecule has 0 aliphatic rings. The molecule has 198 valence electrons. The van der Waals surface area contributed by atoms with Gasteiger partial charge < -0.3 is 32.8 Å². The first-order valence-electron chi connectivity index (χ1n) is 9.50. The summed E-state index contributed by atoms with van der Waals surface area (Å²) in [6, 6.07) is 22.8. The summed E-state index contributed by atoms with van der Waals surface area (Å²) in [5.74, 6) is 3.23. The second-order valence-corrected chi connectivity index (χ2v) is 6.42. The minimum atomic E-state index is -4.94. The van der Waals surface area contributed by atoms with E-state index in [1.165, 1.54) is 9.82 Å². The fourth-order valence-corrected chi connectivity index (χ4v) is 2.01. The van der Waals surface area contributed by atoms with Crippen molar-refractivity contribution < 1.29 is 45.7 Å². The maximum absolute atomic E-state index is 8.49. The Labute approximate surface area is 228 Å². The van der Waals surface area contributed by atoms with Crippen molar-refractivity contribution in [3.8, 4) is 0 Å². The number of anilines is 4. The Bertz CT molecular complexity index is 996. The molecular weight excluding hydrogens is 567 g/mol. The zero-order valence-corrected chi connectivity index (χ0v) is 20.9. The van der Waals surface area contributed by atoms with Crippen LogP contribution in [0.1, 0.15) is 0 Å². The van der Waals surface area contributed by atoms with Gasteiger partial charge in [0.05, 0.1) is 0 Å². The van der Waals surface area contributed by atoms with Crippen LogP contribution in [0.4, 0.5) is 23.3 Å². The zero-order valence-electron chi connectivity index (χ0n) is 19.1. The van der Waals surface area contributed by atoms with Crippen molar-refractivity contribution in [3.05, 3.63) is 130 Å². The first-order valence-corrected chi connectivity index (χ1v) is 10.7. The van der Waals surface area contributed by atoms with Crippen molar-refractivity contribution in [2.24, 2.45) is 0 Å². The summed E-state index contributed by atoms with van der Waals surface area (Å²) in [7, 11) is -4.94. The van der Waals surface area contributed by atoms with Gasteiger partial charge in [0.25, 0.3) is 0 Å². The number of aromatic nitrogens is 4. The van der Waals surface area contributed by atoms with E-state index in [0.717, 1.165) is 23.3 Å². The first-order chi connectivity index (χ1) is 17.7. The summed E-state index contributed by atoms with van der Waals surface area (Å²) in [5.41, 5.74) is 27.0. The Kier molecular flexibility index (Phi) is 21.5. The van der Waals surface area contributed by atoms with Crippen molar-refractivity contribution in [2.45, 2.75) is 0 Å². The van der Waals surface area contributed by atoms with Crippen LogP contribution in [-0.4, -0.2) is 19.9 Å². The van der Waals surface area contributed by atoms with Crippen LogP contribution in [0.5, 0.6) is 0 Å². The van der Waals surface area contributed by atoms with E-state index >= 15 is 0 Å². The summed E-state index contributed by atoms with van der Waals surface area (Å²) in [6.45, 7) is 0. The quantitative estimate of drug-likeness (QED) is 0.197. The van der Waals surface area contributed by atoms with E-state index in [0.29, 0.717) is 0 Å². The van der Waals surface area contributed by atoms with E-state index in [9.17, 15) is 0 Å². The van der Waals surface area contributed by atoms with Crippen LogP contribution in [0.3, 0.4) is 0 Å². The van der Waals surface area contributed by atoms with Gasteiger partial charge in [0.2, 0.25) is 0 Å². The molecule has 0 unspecified atom stereocenters. The number of rotatable bonds is 4. The Morgan fingerprint density at radius 1 is 0.500 bits per heavy atom. The third kappa shape index (κ3) is 23.2. The molecule has 2 N–H and O–H groups in total. The molecule has 18 heteroatoms. The van der Waals surface area contributed by atoms with Gasteiger partial charge in [-0.15, -0.1) is 10.2 Å². The molecule has 0 atom stereocenters. The van der Waals surface area contributed by atoms with Crippen molar-refractivity contribution in [1.82, 2.24) is 19.9 Å². The van der Waals surface area contributed by atoms with Crippen LogP contribution in [0.25, 0.3) is 31.9 Å². The molecule has 0 saturated carbocycles. The Morgan fingerprint density at radius 2 is 0.684 bits per heavy atom. The van der Waals surface area contributed by atoms with Gasteiger partial charge >= 0.3 is 16.8 Å². The summed E-state index contributed by atoms with van der Waals surface area (Å²) in [4.78, 5) is 19.5. The summed E-state index contributed by atoms with van der Waals surface area (Å²) < 4.78 is 34.0. The van der Waals surface area contributed by atoms with E-state index in [1.54, 1.807) is 24.8 Å². The molecule has 4 aromatic heterocycles. The average molecular weight is 585 g/mol. The van der Waals surface area contributed by atoms with Crippen LogP contribution >= 0.6 is 0 Å². The van der Waals surface area contributed by atoms with Crippen LogP contribution in [-0.2, 0) is 16.8 Å². The molecule has 0 amide bonds. The van der Waals surface area contributed by atoms with Gasteiger partial charge in [-0.1, -0.05) is 24.3 Å². The molecule has 4 rings (SSSR count). The number of hydrogen-bond donors (Lipinski definition) is 2. The van der Waals surface area contributed by atoms with Crippen LogP contribution in [0.2, 0.25) is 0 Å². The van der Waals surface area contributed by atoms with Gasteiger partial charge in [0.1, 0.15) is 23.3 Å². The summed E-state index contributed by atoms with van der Waals surface area (Å²) in [5, 5.41) is 6.16. The van der Waals surface area contributed by atoms with Crippen molar-refractivity contribution in [3.63, 3.8) is 0 Å². The number of halogens is 1. The molecule has 0 aromatic carbocycles. The number of nitrogens with zero attached hydrogens (tertiary/aromatic N) is 10. The summed E-state index contributed by atoms with van der Waals surface area (Å²) in [6.07, 6.45) is 6.97. The van der Waals surface area contributed by atoms with Gasteiger partial charge in [0, 0.05) is 24.8 Å². The number of nitrogens with one attached hydrogen (secondary N) is 2. The Morgan fingerprint density at radius 3 is 0.816 bits per heavy atom. The van der Waals surface area contributed by atoms with Gasteiger partial charge in [-0.25, -0.2) is 38.6 Å². The second kappa shape index (κ2) is 22.9. The summed E-state index contributed by atoms with van der Waals surface area (Å²) >= 11 is 0. The van der Waals surface area contributed by atoms with Crippen molar-refractivity contribution in [2.75, 3.05) is 10.6 Å². The van der Waals surface area contributed by atoms with Gasteiger partial charge in [0.15, 0.2) is 0 Å². The standard InChI is InChI=1S/2C10H9N3.ClHO4.Co.2N3/c2*1-3-7-11-9(5-1)13-10-6-2-4-8-12-10;2-1(3,4)5;;2*1-3-2/h2*1-8H,(H,11,12,13);(H,2,3,4,5);;;/q;;;+3;2*-1/p-1. The maximum Gasteiger partial charge on any atom is 3.00 e. The number of hydrogen-bond acceptors (Lipinski definition) is 10. The minimum absolute atomic E-state index is 0. The fraction of sp³-hybridized carbons (Fsp3) is 0. The molecule has 4 aromatic rings. The molecule has 0 fully saturated rings. The Balaban J connectivity index is 0. The van der Waals surface area contributed by atoms with Gasteiger partial charge in [-0.2, -0.15) is 0 Å². The van der Waals surface area contributed by atoms with Gasteiger partial charge in [-0.3, -0.25) is 9.82 Å². The average Bonchev–Trinajstić information content (AvgIpc) is 2.87. The van der Waals surface area contributed by atoms with E-state index < -0.39 is 10.2 Å². The topological polar surface area (TPSA) is 285 Å². The molecule has 0 aliphatic carbocycles. The smallest absolute Gasteiger partial charge is 0.373 e. The SMILES string of the molecule is [Co+3].[N-]=[N+]=[N-].[N-]=[N+]=[N-].[O-][Cl+3]([O-])([O-])[O-].c1ccc(Nc2ccccn2)nc1.c1ccc(Nc2ccccn2)nc1. The predicted molar refractivity (Wildman–Crippen MR) is 124 cm³/mol. The minimum Gasteiger partial charge on any atom is -0.373 e. The van der Waals surface area contributed by atoms with E-state index in [1.807, 2.05) is 72.8 Å². The van der Waals surface area contributed by atoms with Crippen molar-refractivity contribution in [1.29, 1.82) is 0 Å².